The molecule has 0 fully saturated rings. The van der Waals surface area contributed by atoms with E-state index in [0.29, 0.717) is 0 Å². The fourth-order valence-corrected chi connectivity index (χ4v) is 1.35. The molecule has 0 bridgehead atoms. The summed E-state index contributed by atoms with van der Waals surface area (Å²) in [4.78, 5) is 17.3. The predicted molar refractivity (Wildman–Crippen MR) is 55.8 cm³/mol. The lowest BCUT2D eigenvalue weighted by Crippen LogP contribution is -2.51. The molecular formula is C9H16N4O2. The zero-order valence-electron chi connectivity index (χ0n) is 9.64. The first-order valence-electron chi connectivity index (χ1n) is 4.64. The molecule has 1 aliphatic rings. The van der Waals surface area contributed by atoms with E-state index in [1.54, 1.807) is 14.1 Å². The van der Waals surface area contributed by atoms with Crippen LogP contribution in [0.25, 0.3) is 0 Å². The first kappa shape index (κ1) is 11.6. The Bertz CT molecular complexity index is 341. The zero-order chi connectivity index (χ0) is 11.9. The summed E-state index contributed by atoms with van der Waals surface area (Å²) in [6.45, 7) is 5.49. The first-order chi connectivity index (χ1) is 6.71. The van der Waals surface area contributed by atoms with Crippen LogP contribution in [0.5, 0.6) is 0 Å². The number of aliphatic imine (C=N–C) groups is 1. The quantitative estimate of drug-likeness (QED) is 0.708. The van der Waals surface area contributed by atoms with E-state index in [0.717, 1.165) is 0 Å². The van der Waals surface area contributed by atoms with Crippen molar-refractivity contribution in [2.45, 2.75) is 26.4 Å². The summed E-state index contributed by atoms with van der Waals surface area (Å²) >= 11 is 0. The van der Waals surface area contributed by atoms with Crippen LogP contribution in [0.4, 0.5) is 0 Å². The van der Waals surface area contributed by atoms with Gasteiger partial charge in [-0.25, -0.2) is 0 Å². The Morgan fingerprint density at radius 2 is 1.93 bits per heavy atom. The van der Waals surface area contributed by atoms with Gasteiger partial charge in [-0.3, -0.25) is 4.79 Å². The van der Waals surface area contributed by atoms with Crippen LogP contribution in [-0.4, -0.2) is 41.7 Å². The lowest BCUT2D eigenvalue weighted by molar-refractivity contribution is -0.138. The Morgan fingerprint density at radius 3 is 2.20 bits per heavy atom. The summed E-state index contributed by atoms with van der Waals surface area (Å²) in [5.41, 5.74) is -1.87. The highest BCUT2D eigenvalue weighted by Gasteiger charge is 2.53. The lowest BCUT2D eigenvalue weighted by Gasteiger charge is -2.34. The number of aliphatic hydroxyl groups excluding tert-OH is 1. The molecular weight excluding hydrogens is 196 g/mol. The molecule has 1 rings (SSSR count). The van der Waals surface area contributed by atoms with E-state index in [4.69, 9.17) is 0 Å². The van der Waals surface area contributed by atoms with Crippen molar-refractivity contribution in [3.63, 3.8) is 0 Å². The summed E-state index contributed by atoms with van der Waals surface area (Å²) in [7, 11) is 3.24. The van der Waals surface area contributed by atoms with Gasteiger partial charge < -0.3 is 10.0 Å². The Balaban J connectivity index is 3.23. The summed E-state index contributed by atoms with van der Waals surface area (Å²) < 4.78 is 0. The van der Waals surface area contributed by atoms with Crippen LogP contribution >= 0.6 is 0 Å². The number of hydrogen-bond donors (Lipinski definition) is 1. The molecule has 0 aliphatic carbocycles. The number of nitrogens with zero attached hydrogens (tertiary/aromatic N) is 4. The van der Waals surface area contributed by atoms with Crippen molar-refractivity contribution < 1.29 is 9.90 Å². The van der Waals surface area contributed by atoms with E-state index >= 15 is 0 Å². The van der Waals surface area contributed by atoms with E-state index in [-0.39, 0.29) is 5.91 Å². The Hall–Kier alpha value is -1.46. The van der Waals surface area contributed by atoms with Gasteiger partial charge >= 0.3 is 6.02 Å². The van der Waals surface area contributed by atoms with E-state index in [2.05, 4.69) is 15.2 Å². The molecule has 0 radical (unpaired) electrons. The number of hydrogen-bond acceptors (Lipinski definition) is 4. The summed E-state index contributed by atoms with van der Waals surface area (Å²) in [6, 6.07) is -0.444. The molecule has 1 aliphatic heterocycles. The van der Waals surface area contributed by atoms with Crippen molar-refractivity contribution >= 4 is 11.9 Å². The number of amidine groups is 1. The average Bonchev–Trinajstić information content (AvgIpc) is 2.46. The molecule has 6 heteroatoms. The van der Waals surface area contributed by atoms with Crippen molar-refractivity contribution in [2.24, 2.45) is 20.6 Å². The minimum Gasteiger partial charge on any atom is -0.478 e. The van der Waals surface area contributed by atoms with Crippen LogP contribution in [-0.2, 0) is 4.79 Å². The highest BCUT2D eigenvalue weighted by Crippen LogP contribution is 2.39. The second-order valence-corrected chi connectivity index (χ2v) is 4.73. The third-order valence-electron chi connectivity index (χ3n) is 2.30. The molecule has 0 saturated heterocycles. The minimum absolute atomic E-state index is 0.289. The highest BCUT2D eigenvalue weighted by atomic mass is 16.3. The monoisotopic (exact) mass is 212 g/mol. The molecule has 0 aromatic carbocycles. The molecule has 6 nitrogen and oxygen atoms in total. The first-order valence-corrected chi connectivity index (χ1v) is 4.64. The Morgan fingerprint density at radius 1 is 1.40 bits per heavy atom. The van der Waals surface area contributed by atoms with Crippen LogP contribution in [0.1, 0.15) is 20.8 Å². The molecule has 0 saturated carbocycles. The highest BCUT2D eigenvalue weighted by molar-refractivity contribution is 5.91. The summed E-state index contributed by atoms with van der Waals surface area (Å²) in [6.07, 6.45) is 0. The van der Waals surface area contributed by atoms with Gasteiger partial charge in [-0.1, -0.05) is 25.9 Å². The third kappa shape index (κ3) is 1.71. The number of azo groups is 1. The van der Waals surface area contributed by atoms with Crippen molar-refractivity contribution in [3.05, 3.63) is 0 Å². The number of carbonyl (C=O) groups excluding carboxylic acids is 1. The maximum absolute atomic E-state index is 12.0. The maximum Gasteiger partial charge on any atom is 0.331 e. The number of aliphatic hydroxyl groups is 1. The average molecular weight is 212 g/mol. The topological polar surface area (TPSA) is 77.6 Å². The van der Waals surface area contributed by atoms with Crippen LogP contribution < -0.4 is 0 Å². The van der Waals surface area contributed by atoms with Crippen LogP contribution in [0, 0.1) is 5.41 Å². The van der Waals surface area contributed by atoms with E-state index in [1.165, 1.54) is 4.90 Å². The van der Waals surface area contributed by atoms with Crippen molar-refractivity contribution in [1.29, 1.82) is 0 Å². The normalized spacial score (nSPS) is 25.3. The smallest absolute Gasteiger partial charge is 0.331 e. The SMILES string of the molecule is CN(C)C(=O)C1(C(C)(C)C)N=NC(O)=N1. The van der Waals surface area contributed by atoms with Gasteiger partial charge in [-0.2, -0.15) is 4.99 Å². The molecule has 84 valence electrons. The molecule has 15 heavy (non-hydrogen) atoms. The molecule has 1 amide bonds. The van der Waals surface area contributed by atoms with Gasteiger partial charge in [0.15, 0.2) is 0 Å². The second-order valence-electron chi connectivity index (χ2n) is 4.73. The maximum atomic E-state index is 12.0. The summed E-state index contributed by atoms with van der Waals surface area (Å²) in [5, 5.41) is 16.4. The largest absolute Gasteiger partial charge is 0.478 e. The third-order valence-corrected chi connectivity index (χ3v) is 2.30. The zero-order valence-corrected chi connectivity index (χ0v) is 9.64. The number of likely N-dealkylation sites (N-methyl/N-ethyl adjacent to an activating group) is 1. The van der Waals surface area contributed by atoms with Crippen LogP contribution in [0.3, 0.4) is 0 Å². The number of amides is 1. The molecule has 0 aromatic heterocycles. The molecule has 0 spiro atoms. The van der Waals surface area contributed by atoms with E-state index < -0.39 is 17.1 Å². The van der Waals surface area contributed by atoms with Crippen LogP contribution in [0.15, 0.2) is 15.2 Å². The molecule has 1 unspecified atom stereocenters. The fourth-order valence-electron chi connectivity index (χ4n) is 1.35. The molecule has 1 atom stereocenters. The molecule has 0 aromatic rings. The van der Waals surface area contributed by atoms with Gasteiger partial charge in [0.1, 0.15) is 0 Å². The van der Waals surface area contributed by atoms with Gasteiger partial charge in [-0.15, -0.1) is 5.11 Å². The van der Waals surface area contributed by atoms with Crippen molar-refractivity contribution in [1.82, 2.24) is 4.90 Å². The Kier molecular flexibility index (Phi) is 2.54. The lowest BCUT2D eigenvalue weighted by atomic mass is 9.80. The number of carbonyl (C=O) groups is 1. The van der Waals surface area contributed by atoms with Gasteiger partial charge in [0.05, 0.1) is 0 Å². The van der Waals surface area contributed by atoms with E-state index in [1.807, 2.05) is 20.8 Å². The van der Waals surface area contributed by atoms with Gasteiger partial charge in [0.25, 0.3) is 11.6 Å². The minimum atomic E-state index is -1.33. The van der Waals surface area contributed by atoms with Gasteiger partial charge in [-0.05, 0) is 0 Å². The van der Waals surface area contributed by atoms with Crippen molar-refractivity contribution in [2.75, 3.05) is 14.1 Å². The van der Waals surface area contributed by atoms with Gasteiger partial charge in [0, 0.05) is 19.5 Å². The summed E-state index contributed by atoms with van der Waals surface area (Å²) in [5.74, 6) is -0.289. The van der Waals surface area contributed by atoms with Gasteiger partial charge in [0.2, 0.25) is 0 Å². The molecule has 1 N–H and O–H groups in total. The molecule has 1 heterocycles. The van der Waals surface area contributed by atoms with Crippen molar-refractivity contribution in [3.8, 4) is 0 Å². The predicted octanol–water partition coefficient (Wildman–Crippen LogP) is 1.20. The van der Waals surface area contributed by atoms with E-state index in [9.17, 15) is 9.90 Å². The second kappa shape index (κ2) is 3.29. The fraction of sp³-hybridized carbons (Fsp3) is 0.778. The standard InChI is InChI=1S/C9H16N4O2/c1-8(2,3)9(6(14)13(4)5)10-7(15)11-12-9/h1-5H3,(H,10,15). The number of rotatable bonds is 1. The van der Waals surface area contributed by atoms with Crippen LogP contribution in [0.2, 0.25) is 0 Å². The Labute approximate surface area is 88.7 Å².